The minimum Gasteiger partial charge on any atom is -0.490 e. The number of rotatable bonds is 5. The molecule has 2 N–H and O–H groups in total. The molecule has 5 nitrogen and oxygen atoms in total. The Hall–Kier alpha value is -2.96. The fraction of sp³-hybridized carbons (Fsp3) is 0.364. The fourth-order valence-electron chi connectivity index (χ4n) is 3.63. The predicted molar refractivity (Wildman–Crippen MR) is 106 cm³/mol. The monoisotopic (exact) mass is 402 g/mol. The van der Waals surface area contributed by atoms with Gasteiger partial charge in [-0.25, -0.2) is 13.6 Å². The van der Waals surface area contributed by atoms with Crippen LogP contribution in [-0.2, 0) is 0 Å². The molecule has 7 heteroatoms. The van der Waals surface area contributed by atoms with E-state index in [1.165, 1.54) is 12.8 Å². The Morgan fingerprint density at radius 2 is 1.69 bits per heavy atom. The molecule has 154 valence electrons. The Labute approximate surface area is 168 Å². The van der Waals surface area contributed by atoms with Gasteiger partial charge >= 0.3 is 6.03 Å². The molecule has 0 aromatic heterocycles. The number of ether oxygens (including phenoxy) is 1. The minimum atomic E-state index is -1.15. The van der Waals surface area contributed by atoms with Crippen molar-refractivity contribution in [1.82, 2.24) is 5.32 Å². The quantitative estimate of drug-likeness (QED) is 0.716. The molecule has 0 bridgehead atoms. The third-order valence-electron chi connectivity index (χ3n) is 5.18. The first-order chi connectivity index (χ1) is 14.0. The molecule has 1 aliphatic rings. The van der Waals surface area contributed by atoms with Gasteiger partial charge in [0.15, 0.2) is 0 Å². The molecule has 1 saturated carbocycles. The molecule has 2 unspecified atom stereocenters. The Balaban J connectivity index is 1.56. The second-order valence-corrected chi connectivity index (χ2v) is 7.14. The minimum absolute atomic E-state index is 0.198. The van der Waals surface area contributed by atoms with Crippen LogP contribution in [0.25, 0.3) is 0 Å². The largest absolute Gasteiger partial charge is 0.490 e. The van der Waals surface area contributed by atoms with Gasteiger partial charge in [0, 0.05) is 5.69 Å². The highest BCUT2D eigenvalue weighted by atomic mass is 19.1. The van der Waals surface area contributed by atoms with Crippen LogP contribution in [0, 0.1) is 17.6 Å². The zero-order chi connectivity index (χ0) is 20.8. The van der Waals surface area contributed by atoms with Crippen LogP contribution in [0.3, 0.4) is 0 Å². The van der Waals surface area contributed by atoms with Crippen LogP contribution in [0.4, 0.5) is 19.3 Å². The average Bonchev–Trinajstić information content (AvgIpc) is 2.69. The summed E-state index contributed by atoms with van der Waals surface area (Å²) >= 11 is 0. The summed E-state index contributed by atoms with van der Waals surface area (Å²) in [5.41, 5.74) is -0.378. The van der Waals surface area contributed by atoms with Gasteiger partial charge in [-0.2, -0.15) is 0 Å². The SMILES string of the molecule is CCC1CCCCC1Oc1ccc(NC(=O)NC(=O)c2c(F)cccc2F)cc1. The number of benzene rings is 2. The van der Waals surface area contributed by atoms with Gasteiger partial charge in [-0.05, 0) is 68.0 Å². The number of carbonyl (C=O) groups is 2. The van der Waals surface area contributed by atoms with Crippen LogP contribution >= 0.6 is 0 Å². The summed E-state index contributed by atoms with van der Waals surface area (Å²) < 4.78 is 33.3. The summed E-state index contributed by atoms with van der Waals surface area (Å²) in [5, 5.41) is 4.38. The third-order valence-corrected chi connectivity index (χ3v) is 5.18. The lowest BCUT2D eigenvalue weighted by molar-refractivity contribution is 0.0904. The molecule has 0 heterocycles. The number of halogens is 2. The van der Waals surface area contributed by atoms with Crippen molar-refractivity contribution in [3.63, 3.8) is 0 Å². The van der Waals surface area contributed by atoms with E-state index < -0.39 is 29.1 Å². The first kappa shape index (κ1) is 20.8. The third kappa shape index (κ3) is 5.31. The predicted octanol–water partition coefficient (Wildman–Crippen LogP) is 5.27. The number of nitrogens with one attached hydrogen (secondary N) is 2. The first-order valence-electron chi connectivity index (χ1n) is 9.81. The summed E-state index contributed by atoms with van der Waals surface area (Å²) in [5.74, 6) is -1.96. The molecule has 0 aliphatic heterocycles. The van der Waals surface area contributed by atoms with Crippen molar-refractivity contribution in [3.05, 3.63) is 59.7 Å². The smallest absolute Gasteiger partial charge is 0.326 e. The Morgan fingerprint density at radius 3 is 2.34 bits per heavy atom. The van der Waals surface area contributed by atoms with E-state index in [0.29, 0.717) is 17.4 Å². The highest BCUT2D eigenvalue weighted by Gasteiger charge is 2.25. The van der Waals surface area contributed by atoms with Gasteiger partial charge in [-0.3, -0.25) is 10.1 Å². The van der Waals surface area contributed by atoms with Gasteiger partial charge in [0.25, 0.3) is 5.91 Å². The number of imide groups is 1. The normalized spacial score (nSPS) is 18.7. The zero-order valence-electron chi connectivity index (χ0n) is 16.2. The molecule has 1 fully saturated rings. The number of hydrogen-bond donors (Lipinski definition) is 2. The van der Waals surface area contributed by atoms with E-state index >= 15 is 0 Å². The Bertz CT molecular complexity index is 851. The van der Waals surface area contributed by atoms with Crippen LogP contribution in [0.15, 0.2) is 42.5 Å². The number of anilines is 1. The second kappa shape index (κ2) is 9.49. The van der Waals surface area contributed by atoms with Gasteiger partial charge < -0.3 is 10.1 Å². The number of carbonyl (C=O) groups excluding carboxylic acids is 2. The Morgan fingerprint density at radius 1 is 1.03 bits per heavy atom. The van der Waals surface area contributed by atoms with E-state index in [4.69, 9.17) is 4.74 Å². The van der Waals surface area contributed by atoms with E-state index in [1.807, 2.05) is 5.32 Å². The van der Waals surface area contributed by atoms with E-state index in [-0.39, 0.29) is 6.10 Å². The van der Waals surface area contributed by atoms with Gasteiger partial charge in [0.05, 0.1) is 0 Å². The lowest BCUT2D eigenvalue weighted by atomic mass is 9.85. The Kier molecular flexibility index (Phi) is 6.80. The molecule has 3 amide bonds. The summed E-state index contributed by atoms with van der Waals surface area (Å²) in [7, 11) is 0. The number of hydrogen-bond acceptors (Lipinski definition) is 3. The van der Waals surface area contributed by atoms with Crippen molar-refractivity contribution < 1.29 is 23.1 Å². The van der Waals surface area contributed by atoms with Crippen LogP contribution in [0.1, 0.15) is 49.4 Å². The molecule has 0 radical (unpaired) electrons. The topological polar surface area (TPSA) is 67.4 Å². The summed E-state index contributed by atoms with van der Waals surface area (Å²) in [6.07, 6.45) is 5.90. The maximum Gasteiger partial charge on any atom is 0.326 e. The standard InChI is InChI=1S/C22H24F2N2O3/c1-2-14-6-3-4-9-19(14)29-16-12-10-15(11-13-16)25-22(28)26-21(27)20-17(23)7-5-8-18(20)24/h5,7-8,10-14,19H,2-4,6,9H2,1H3,(H2,25,26,27,28). The summed E-state index contributed by atoms with van der Waals surface area (Å²) in [4.78, 5) is 23.9. The van der Waals surface area contributed by atoms with Crippen molar-refractivity contribution in [2.45, 2.75) is 45.1 Å². The van der Waals surface area contributed by atoms with Gasteiger partial charge in [0.2, 0.25) is 0 Å². The molecule has 0 spiro atoms. The number of urea groups is 1. The summed E-state index contributed by atoms with van der Waals surface area (Å²) in [6, 6.07) is 8.93. The lowest BCUT2D eigenvalue weighted by Gasteiger charge is -2.31. The van der Waals surface area contributed by atoms with E-state index in [2.05, 4.69) is 12.2 Å². The van der Waals surface area contributed by atoms with Crippen molar-refractivity contribution in [3.8, 4) is 5.75 Å². The highest BCUT2D eigenvalue weighted by Crippen LogP contribution is 2.30. The van der Waals surface area contributed by atoms with E-state index in [0.717, 1.165) is 37.5 Å². The van der Waals surface area contributed by atoms with Gasteiger partial charge in [-0.1, -0.05) is 19.4 Å². The van der Waals surface area contributed by atoms with Crippen LogP contribution in [0.2, 0.25) is 0 Å². The van der Waals surface area contributed by atoms with Crippen LogP contribution < -0.4 is 15.4 Å². The summed E-state index contributed by atoms with van der Waals surface area (Å²) in [6.45, 7) is 2.17. The first-order valence-corrected chi connectivity index (χ1v) is 9.81. The molecule has 2 atom stereocenters. The van der Waals surface area contributed by atoms with Crippen molar-refractivity contribution in [2.24, 2.45) is 5.92 Å². The molecule has 29 heavy (non-hydrogen) atoms. The van der Waals surface area contributed by atoms with Gasteiger partial charge in [-0.15, -0.1) is 0 Å². The molecule has 2 aromatic rings. The molecule has 1 aliphatic carbocycles. The fourth-order valence-corrected chi connectivity index (χ4v) is 3.63. The van der Waals surface area contributed by atoms with E-state index in [1.54, 1.807) is 24.3 Å². The molecular weight excluding hydrogens is 378 g/mol. The average molecular weight is 402 g/mol. The van der Waals surface area contributed by atoms with Crippen LogP contribution in [-0.4, -0.2) is 18.0 Å². The number of amides is 3. The van der Waals surface area contributed by atoms with Crippen LogP contribution in [0.5, 0.6) is 5.75 Å². The van der Waals surface area contributed by atoms with Crippen molar-refractivity contribution in [1.29, 1.82) is 0 Å². The molecule has 2 aromatic carbocycles. The van der Waals surface area contributed by atoms with Gasteiger partial charge in [0.1, 0.15) is 29.1 Å². The maximum absolute atomic E-state index is 13.6. The zero-order valence-corrected chi connectivity index (χ0v) is 16.2. The molecular formula is C22H24F2N2O3. The molecule has 3 rings (SSSR count). The maximum atomic E-state index is 13.6. The van der Waals surface area contributed by atoms with Crippen molar-refractivity contribution >= 4 is 17.6 Å². The molecule has 0 saturated heterocycles. The second-order valence-electron chi connectivity index (χ2n) is 7.14. The highest BCUT2D eigenvalue weighted by molar-refractivity contribution is 6.08. The lowest BCUT2D eigenvalue weighted by Crippen LogP contribution is -2.35. The van der Waals surface area contributed by atoms with Crippen molar-refractivity contribution in [2.75, 3.05) is 5.32 Å². The van der Waals surface area contributed by atoms with E-state index in [9.17, 15) is 18.4 Å².